The van der Waals surface area contributed by atoms with E-state index in [1.165, 1.54) is 6.42 Å². The minimum atomic E-state index is -0.595. The fourth-order valence-electron chi connectivity index (χ4n) is 4.73. The molecule has 5 heteroatoms. The lowest BCUT2D eigenvalue weighted by molar-refractivity contribution is -0.137. The molecule has 0 aromatic heterocycles. The van der Waals surface area contributed by atoms with Gasteiger partial charge in [0.15, 0.2) is 0 Å². The summed E-state index contributed by atoms with van der Waals surface area (Å²) in [6.07, 6.45) is 5.54. The number of carbonyl (C=O) groups excluding carboxylic acids is 2. The summed E-state index contributed by atoms with van der Waals surface area (Å²) in [5.41, 5.74) is 11.4. The molecule has 0 saturated carbocycles. The molecule has 2 amide bonds. The Kier molecular flexibility index (Phi) is 4.28. The first-order valence-corrected chi connectivity index (χ1v) is 8.15. The summed E-state index contributed by atoms with van der Waals surface area (Å²) in [5, 5.41) is 0. The predicted octanol–water partition coefficient (Wildman–Crippen LogP) is 1.63. The van der Waals surface area contributed by atoms with Crippen molar-refractivity contribution in [3.05, 3.63) is 11.8 Å². The van der Waals surface area contributed by atoms with E-state index >= 15 is 0 Å². The molecule has 0 spiro atoms. The maximum atomic E-state index is 12.2. The molecule has 1 saturated heterocycles. The van der Waals surface area contributed by atoms with Crippen LogP contribution in [0.3, 0.4) is 0 Å². The normalized spacial score (nSPS) is 30.5. The van der Waals surface area contributed by atoms with Crippen molar-refractivity contribution in [2.75, 3.05) is 13.1 Å². The van der Waals surface area contributed by atoms with E-state index in [0.29, 0.717) is 0 Å². The maximum absolute atomic E-state index is 12.2. The van der Waals surface area contributed by atoms with Crippen molar-refractivity contribution >= 4 is 11.8 Å². The van der Waals surface area contributed by atoms with Crippen LogP contribution in [0.25, 0.3) is 0 Å². The topological polar surface area (TPSA) is 89.4 Å². The maximum Gasteiger partial charge on any atom is 0.227 e. The molecule has 1 fully saturated rings. The zero-order valence-electron chi connectivity index (χ0n) is 14.2. The highest BCUT2D eigenvalue weighted by atomic mass is 16.2. The van der Waals surface area contributed by atoms with E-state index in [2.05, 4.69) is 11.0 Å². The van der Waals surface area contributed by atoms with E-state index in [1.807, 2.05) is 27.7 Å². The SMILES string of the molecule is CC1(C)C=C(N2CCCCC2)C(C(N)=O)C(C)(C)C1C(N)=O. The van der Waals surface area contributed by atoms with Crippen LogP contribution < -0.4 is 11.5 Å². The molecule has 1 aliphatic carbocycles. The molecule has 22 heavy (non-hydrogen) atoms. The largest absolute Gasteiger partial charge is 0.374 e. The molecule has 1 heterocycles. The monoisotopic (exact) mass is 307 g/mol. The van der Waals surface area contributed by atoms with Gasteiger partial charge in [0.1, 0.15) is 0 Å². The molecule has 2 rings (SSSR count). The molecule has 0 aromatic rings. The van der Waals surface area contributed by atoms with Crippen molar-refractivity contribution in [2.45, 2.75) is 47.0 Å². The van der Waals surface area contributed by atoms with Crippen LogP contribution in [0.5, 0.6) is 0 Å². The number of likely N-dealkylation sites (tertiary alicyclic amines) is 1. The van der Waals surface area contributed by atoms with Gasteiger partial charge in [-0.15, -0.1) is 0 Å². The highest BCUT2D eigenvalue weighted by molar-refractivity contribution is 5.85. The highest BCUT2D eigenvalue weighted by Crippen LogP contribution is 2.53. The second kappa shape index (κ2) is 5.60. The van der Waals surface area contributed by atoms with Crippen molar-refractivity contribution < 1.29 is 9.59 Å². The molecular weight excluding hydrogens is 278 g/mol. The number of hydrogen-bond acceptors (Lipinski definition) is 3. The van der Waals surface area contributed by atoms with E-state index in [4.69, 9.17) is 11.5 Å². The van der Waals surface area contributed by atoms with E-state index in [0.717, 1.165) is 31.6 Å². The van der Waals surface area contributed by atoms with Crippen LogP contribution in [-0.2, 0) is 9.59 Å². The molecule has 0 aromatic carbocycles. The van der Waals surface area contributed by atoms with Gasteiger partial charge >= 0.3 is 0 Å². The van der Waals surface area contributed by atoms with Crippen LogP contribution in [0.15, 0.2) is 11.8 Å². The summed E-state index contributed by atoms with van der Waals surface area (Å²) >= 11 is 0. The molecule has 2 atom stereocenters. The number of amides is 2. The van der Waals surface area contributed by atoms with Crippen LogP contribution in [-0.4, -0.2) is 29.8 Å². The van der Waals surface area contributed by atoms with Gasteiger partial charge in [-0.1, -0.05) is 33.8 Å². The van der Waals surface area contributed by atoms with Gasteiger partial charge in [0.25, 0.3) is 0 Å². The quantitative estimate of drug-likeness (QED) is 0.830. The van der Waals surface area contributed by atoms with Crippen LogP contribution >= 0.6 is 0 Å². The summed E-state index contributed by atoms with van der Waals surface area (Å²) < 4.78 is 0. The Labute approximate surface area is 133 Å². The Morgan fingerprint density at radius 3 is 2.05 bits per heavy atom. The summed E-state index contributed by atoms with van der Waals surface area (Å²) in [5.74, 6) is -1.64. The van der Waals surface area contributed by atoms with E-state index in [1.54, 1.807) is 0 Å². The Balaban J connectivity index is 2.54. The first-order valence-electron chi connectivity index (χ1n) is 8.15. The highest BCUT2D eigenvalue weighted by Gasteiger charge is 2.55. The Morgan fingerprint density at radius 1 is 1.05 bits per heavy atom. The second-order valence-electron chi connectivity index (χ2n) is 7.93. The Bertz CT molecular complexity index is 502. The molecule has 2 aliphatic rings. The zero-order valence-corrected chi connectivity index (χ0v) is 14.2. The smallest absolute Gasteiger partial charge is 0.227 e. The minimum Gasteiger partial charge on any atom is -0.374 e. The van der Waals surface area contributed by atoms with Gasteiger partial charge in [-0.05, 0) is 30.1 Å². The molecule has 4 N–H and O–H groups in total. The number of nitrogens with two attached hydrogens (primary N) is 2. The summed E-state index contributed by atoms with van der Waals surface area (Å²) in [6.45, 7) is 9.82. The molecule has 5 nitrogen and oxygen atoms in total. The number of allylic oxidation sites excluding steroid dienone is 1. The van der Waals surface area contributed by atoms with Gasteiger partial charge in [0.05, 0.1) is 11.8 Å². The van der Waals surface area contributed by atoms with E-state index < -0.39 is 22.7 Å². The zero-order chi connectivity index (χ0) is 16.7. The summed E-state index contributed by atoms with van der Waals surface area (Å²) in [4.78, 5) is 26.5. The first-order chi connectivity index (χ1) is 10.1. The summed E-state index contributed by atoms with van der Waals surface area (Å²) in [6, 6.07) is 0. The van der Waals surface area contributed by atoms with Crippen molar-refractivity contribution in [1.29, 1.82) is 0 Å². The summed E-state index contributed by atoms with van der Waals surface area (Å²) in [7, 11) is 0. The van der Waals surface area contributed by atoms with E-state index in [-0.39, 0.29) is 11.8 Å². The third kappa shape index (κ3) is 2.73. The second-order valence-corrected chi connectivity index (χ2v) is 7.93. The van der Waals surface area contributed by atoms with Crippen LogP contribution in [0.4, 0.5) is 0 Å². The van der Waals surface area contributed by atoms with Crippen molar-refractivity contribution in [1.82, 2.24) is 4.90 Å². The van der Waals surface area contributed by atoms with Crippen molar-refractivity contribution in [3.8, 4) is 0 Å². The number of carbonyl (C=O) groups is 2. The predicted molar refractivity (Wildman–Crippen MR) is 86.4 cm³/mol. The molecule has 0 radical (unpaired) electrons. The van der Waals surface area contributed by atoms with Crippen LogP contribution in [0.1, 0.15) is 47.0 Å². The van der Waals surface area contributed by atoms with Gasteiger partial charge in [-0.3, -0.25) is 9.59 Å². The van der Waals surface area contributed by atoms with Gasteiger partial charge < -0.3 is 16.4 Å². The molecule has 1 aliphatic heterocycles. The third-order valence-electron chi connectivity index (χ3n) is 5.34. The van der Waals surface area contributed by atoms with Gasteiger partial charge in [-0.25, -0.2) is 0 Å². The minimum absolute atomic E-state index is 0.366. The number of hydrogen-bond donors (Lipinski definition) is 2. The van der Waals surface area contributed by atoms with E-state index in [9.17, 15) is 9.59 Å². The van der Waals surface area contributed by atoms with Gasteiger partial charge in [-0.2, -0.15) is 0 Å². The molecular formula is C17H29N3O2. The van der Waals surface area contributed by atoms with Crippen LogP contribution in [0, 0.1) is 22.7 Å². The lowest BCUT2D eigenvalue weighted by Gasteiger charge is -2.52. The third-order valence-corrected chi connectivity index (χ3v) is 5.34. The molecule has 124 valence electrons. The Morgan fingerprint density at radius 2 is 1.59 bits per heavy atom. The molecule has 2 unspecified atom stereocenters. The van der Waals surface area contributed by atoms with Crippen LogP contribution in [0.2, 0.25) is 0 Å². The van der Waals surface area contributed by atoms with Gasteiger partial charge in [0.2, 0.25) is 11.8 Å². The van der Waals surface area contributed by atoms with Crippen molar-refractivity contribution in [3.63, 3.8) is 0 Å². The number of primary amides is 2. The standard InChI is InChI=1S/C17H29N3O2/c1-16(2)10-11(20-8-6-5-7-9-20)12(14(18)21)17(3,4)13(16)15(19)22/h10,12-13H,5-9H2,1-4H3,(H2,18,21)(H2,19,22). The fraction of sp³-hybridized carbons (Fsp3) is 0.765. The Hall–Kier alpha value is -1.52. The lowest BCUT2D eigenvalue weighted by atomic mass is 9.54. The molecule has 0 bridgehead atoms. The number of rotatable bonds is 3. The number of piperidine rings is 1. The average molecular weight is 307 g/mol. The van der Waals surface area contributed by atoms with Gasteiger partial charge in [0, 0.05) is 18.8 Å². The van der Waals surface area contributed by atoms with Crippen molar-refractivity contribution in [2.24, 2.45) is 34.1 Å². The number of nitrogens with zero attached hydrogens (tertiary/aromatic N) is 1. The first kappa shape index (κ1) is 16.8. The fourth-order valence-corrected chi connectivity index (χ4v) is 4.73. The lowest BCUT2D eigenvalue weighted by Crippen LogP contribution is -2.56. The average Bonchev–Trinajstić information content (AvgIpc) is 2.35.